The van der Waals surface area contributed by atoms with Crippen molar-refractivity contribution in [1.29, 1.82) is 0 Å². The molecule has 0 amide bonds. The Morgan fingerprint density at radius 1 is 0.977 bits per heavy atom. The summed E-state index contributed by atoms with van der Waals surface area (Å²) in [6.07, 6.45) is 7.11. The molecule has 240 valence electrons. The summed E-state index contributed by atoms with van der Waals surface area (Å²) in [5.41, 5.74) is 0.488. The average molecular weight is 613 g/mol. The molecule has 0 bridgehead atoms. The van der Waals surface area contributed by atoms with Crippen LogP contribution in [0.1, 0.15) is 99.0 Å². The maximum atomic E-state index is 13.1. The highest BCUT2D eigenvalue weighted by Crippen LogP contribution is 2.68. The molecule has 0 aromatic heterocycles. The molecule has 1 aliphatic heterocycles. The molecular formula is C36H56O6Si. The van der Waals surface area contributed by atoms with Crippen LogP contribution in [0.2, 0.25) is 18.1 Å². The van der Waals surface area contributed by atoms with E-state index in [0.29, 0.717) is 24.9 Å². The summed E-state index contributed by atoms with van der Waals surface area (Å²) < 4.78 is 34.7. The first kappa shape index (κ1) is 31.7. The van der Waals surface area contributed by atoms with Crippen molar-refractivity contribution >= 4 is 14.3 Å². The second-order valence-electron chi connectivity index (χ2n) is 16.7. The molecule has 10 atom stereocenters. The molecule has 5 fully saturated rings. The number of esters is 1. The zero-order chi connectivity index (χ0) is 31.0. The average Bonchev–Trinajstić information content (AvgIpc) is 3.42. The third-order valence-corrected chi connectivity index (χ3v) is 17.1. The van der Waals surface area contributed by atoms with Crippen molar-refractivity contribution in [3.05, 3.63) is 35.9 Å². The first-order valence-corrected chi connectivity index (χ1v) is 19.9. The lowest BCUT2D eigenvalue weighted by molar-refractivity contribution is -0.259. The van der Waals surface area contributed by atoms with Crippen LogP contribution in [0.5, 0.6) is 0 Å². The second-order valence-corrected chi connectivity index (χ2v) is 21.4. The molecule has 7 heteroatoms. The van der Waals surface area contributed by atoms with E-state index in [1.165, 1.54) is 31.2 Å². The van der Waals surface area contributed by atoms with Crippen LogP contribution in [0.4, 0.5) is 0 Å². The van der Waals surface area contributed by atoms with Gasteiger partial charge in [0.1, 0.15) is 5.60 Å². The van der Waals surface area contributed by atoms with Crippen LogP contribution in [0.25, 0.3) is 0 Å². The molecule has 6 rings (SSSR count). The van der Waals surface area contributed by atoms with Crippen molar-refractivity contribution in [2.75, 3.05) is 0 Å². The fourth-order valence-electron chi connectivity index (χ4n) is 9.94. The number of hydrogen-bond acceptors (Lipinski definition) is 6. The Balaban J connectivity index is 1.47. The van der Waals surface area contributed by atoms with Gasteiger partial charge in [0.2, 0.25) is 0 Å². The zero-order valence-corrected chi connectivity index (χ0v) is 29.1. The molecule has 4 aliphatic carbocycles. The molecule has 1 aromatic carbocycles. The zero-order valence-electron chi connectivity index (χ0n) is 28.1. The van der Waals surface area contributed by atoms with Gasteiger partial charge in [0.05, 0.1) is 31.0 Å². The predicted octanol–water partition coefficient (Wildman–Crippen LogP) is 8.04. The third kappa shape index (κ3) is 5.37. The van der Waals surface area contributed by atoms with Crippen molar-refractivity contribution < 1.29 is 28.2 Å². The van der Waals surface area contributed by atoms with Gasteiger partial charge in [-0.2, -0.15) is 0 Å². The standard InChI is InChI=1S/C36H56O6Si/c1-23(37)39-36-21-27(38-22-24-15-11-10-12-16-24)30-29(25(36)18-19-28(36)42-43(8,9)33(2,3)4)32-31(40-34(5,6)41-32)26-17-13-14-20-35(26,30)7/h10-12,15-16,25-32H,13-14,17-22H2,1-9H3/t25?,26?,27?,28-,29?,30?,31+,32+,35-,36+/m0/s1. The smallest absolute Gasteiger partial charge is 0.303 e. The van der Waals surface area contributed by atoms with E-state index in [-0.39, 0.29) is 52.7 Å². The largest absolute Gasteiger partial charge is 0.456 e. The molecule has 1 aromatic rings. The van der Waals surface area contributed by atoms with Gasteiger partial charge in [0, 0.05) is 25.2 Å². The summed E-state index contributed by atoms with van der Waals surface area (Å²) >= 11 is 0. The Morgan fingerprint density at radius 3 is 2.35 bits per heavy atom. The molecule has 4 saturated carbocycles. The number of benzene rings is 1. The van der Waals surface area contributed by atoms with E-state index < -0.39 is 19.7 Å². The molecule has 0 radical (unpaired) electrons. The van der Waals surface area contributed by atoms with Crippen molar-refractivity contribution in [3.8, 4) is 0 Å². The highest BCUT2D eigenvalue weighted by atomic mass is 28.4. The van der Waals surface area contributed by atoms with Crippen molar-refractivity contribution in [2.24, 2.45) is 29.1 Å². The minimum absolute atomic E-state index is 0.0461. The minimum atomic E-state index is -2.16. The van der Waals surface area contributed by atoms with E-state index in [0.717, 1.165) is 12.8 Å². The summed E-state index contributed by atoms with van der Waals surface area (Å²) in [7, 11) is -2.16. The highest BCUT2D eigenvalue weighted by molar-refractivity contribution is 6.74. The Hall–Kier alpha value is -1.25. The molecular weight excluding hydrogens is 556 g/mol. The van der Waals surface area contributed by atoms with E-state index in [4.69, 9.17) is 23.4 Å². The number of carbonyl (C=O) groups excluding carboxylic acids is 1. The van der Waals surface area contributed by atoms with Gasteiger partial charge < -0.3 is 23.4 Å². The topological polar surface area (TPSA) is 63.2 Å². The Morgan fingerprint density at radius 2 is 1.67 bits per heavy atom. The Labute approximate surface area is 261 Å². The lowest BCUT2D eigenvalue weighted by atomic mass is 9.44. The molecule has 0 spiro atoms. The number of ether oxygens (including phenoxy) is 4. The number of rotatable bonds is 6. The van der Waals surface area contributed by atoms with Crippen LogP contribution in [0, 0.1) is 29.1 Å². The normalized spacial score (nSPS) is 42.0. The quantitative estimate of drug-likeness (QED) is 0.239. The maximum absolute atomic E-state index is 13.1. The molecule has 5 aliphatic rings. The molecule has 1 saturated heterocycles. The van der Waals surface area contributed by atoms with Crippen LogP contribution < -0.4 is 0 Å². The van der Waals surface area contributed by atoms with E-state index in [1.807, 2.05) is 0 Å². The number of hydrogen-bond donors (Lipinski definition) is 0. The fraction of sp³-hybridized carbons (Fsp3) is 0.806. The van der Waals surface area contributed by atoms with Gasteiger partial charge in [-0.1, -0.05) is 70.9 Å². The van der Waals surface area contributed by atoms with Gasteiger partial charge in [-0.3, -0.25) is 4.79 Å². The van der Waals surface area contributed by atoms with Crippen molar-refractivity contribution in [3.63, 3.8) is 0 Å². The lowest BCUT2D eigenvalue weighted by Crippen LogP contribution is -2.70. The molecule has 6 nitrogen and oxygen atoms in total. The van der Waals surface area contributed by atoms with Crippen LogP contribution in [0.3, 0.4) is 0 Å². The highest BCUT2D eigenvalue weighted by Gasteiger charge is 2.73. The van der Waals surface area contributed by atoms with E-state index in [2.05, 4.69) is 85.0 Å². The van der Waals surface area contributed by atoms with Gasteiger partial charge in [0.15, 0.2) is 14.1 Å². The van der Waals surface area contributed by atoms with E-state index in [1.54, 1.807) is 6.92 Å². The number of fused-ring (bicyclic) bond motifs is 8. The third-order valence-electron chi connectivity index (χ3n) is 12.6. The van der Waals surface area contributed by atoms with Gasteiger partial charge in [-0.15, -0.1) is 0 Å². The summed E-state index contributed by atoms with van der Waals surface area (Å²) in [4.78, 5) is 13.1. The first-order chi connectivity index (χ1) is 20.1. The van der Waals surface area contributed by atoms with Gasteiger partial charge in [-0.25, -0.2) is 0 Å². The summed E-state index contributed by atoms with van der Waals surface area (Å²) in [6, 6.07) is 10.5. The van der Waals surface area contributed by atoms with Crippen molar-refractivity contribution in [1.82, 2.24) is 0 Å². The van der Waals surface area contributed by atoms with Crippen LogP contribution in [-0.4, -0.2) is 50.1 Å². The fourth-order valence-corrected chi connectivity index (χ4v) is 11.3. The summed E-state index contributed by atoms with van der Waals surface area (Å²) in [5.74, 6) is 0.152. The molecule has 0 N–H and O–H groups in total. The predicted molar refractivity (Wildman–Crippen MR) is 170 cm³/mol. The number of carbonyl (C=O) groups is 1. The lowest BCUT2D eigenvalue weighted by Gasteiger charge is -2.64. The minimum Gasteiger partial charge on any atom is -0.456 e. The van der Waals surface area contributed by atoms with Gasteiger partial charge in [0.25, 0.3) is 0 Å². The van der Waals surface area contributed by atoms with E-state index in [9.17, 15) is 4.79 Å². The summed E-state index contributed by atoms with van der Waals surface area (Å²) in [6.45, 7) is 20.3. The maximum Gasteiger partial charge on any atom is 0.303 e. The van der Waals surface area contributed by atoms with Gasteiger partial charge in [-0.05, 0) is 80.5 Å². The van der Waals surface area contributed by atoms with Crippen LogP contribution in [0.15, 0.2) is 30.3 Å². The monoisotopic (exact) mass is 612 g/mol. The molecule has 5 unspecified atom stereocenters. The molecule has 1 heterocycles. The van der Waals surface area contributed by atoms with Gasteiger partial charge >= 0.3 is 5.97 Å². The van der Waals surface area contributed by atoms with E-state index >= 15 is 0 Å². The first-order valence-electron chi connectivity index (χ1n) is 17.0. The van der Waals surface area contributed by atoms with Crippen molar-refractivity contribution in [2.45, 2.75) is 154 Å². The molecule has 43 heavy (non-hydrogen) atoms. The Bertz CT molecular complexity index is 1180. The van der Waals surface area contributed by atoms with Crippen LogP contribution >= 0.6 is 0 Å². The summed E-state index contributed by atoms with van der Waals surface area (Å²) in [5, 5.41) is 0.0497. The van der Waals surface area contributed by atoms with Crippen LogP contribution in [-0.2, 0) is 34.8 Å². The Kier molecular flexibility index (Phi) is 8.06. The second kappa shape index (κ2) is 10.9. The SMILES string of the molecule is CC(=O)O[C@]12CC(OCc3ccccc3)C3C(C1CC[C@@H]2O[Si](C)(C)C(C)(C)C)[C@H]1OC(C)(C)O[C@@H]1C1CCCC[C@]31C.